The Morgan fingerprint density at radius 2 is 2.00 bits per heavy atom. The molecule has 20 heavy (non-hydrogen) atoms. The van der Waals surface area contributed by atoms with E-state index >= 15 is 0 Å². The fraction of sp³-hybridized carbons (Fsp3) is 0.500. The molecule has 0 amide bonds. The number of halogens is 3. The number of rotatable bonds is 5. The van der Waals surface area contributed by atoms with Crippen molar-refractivity contribution in [1.29, 1.82) is 0 Å². The lowest BCUT2D eigenvalue weighted by Gasteiger charge is -2.18. The number of hydrogen-bond acceptors (Lipinski definition) is 3. The van der Waals surface area contributed by atoms with Crippen LogP contribution in [0.2, 0.25) is 0 Å². The summed E-state index contributed by atoms with van der Waals surface area (Å²) in [6.07, 6.45) is -4.26. The third-order valence-corrected chi connectivity index (χ3v) is 2.52. The van der Waals surface area contributed by atoms with E-state index in [-0.39, 0.29) is 24.8 Å². The first-order valence-corrected chi connectivity index (χ1v) is 6.36. The normalized spacial score (nSPS) is 11.6. The van der Waals surface area contributed by atoms with Crippen molar-refractivity contribution in [3.8, 4) is 0 Å². The molecule has 1 aromatic carbocycles. The van der Waals surface area contributed by atoms with Gasteiger partial charge in [0.2, 0.25) is 0 Å². The smallest absolute Gasteiger partial charge is 0.418 e. The molecule has 0 aliphatic carbocycles. The van der Waals surface area contributed by atoms with Crippen molar-refractivity contribution >= 4 is 11.7 Å². The van der Waals surface area contributed by atoms with Gasteiger partial charge in [0.25, 0.3) is 0 Å². The van der Waals surface area contributed by atoms with Gasteiger partial charge in [-0.3, -0.25) is 4.79 Å². The van der Waals surface area contributed by atoms with Crippen LogP contribution in [0.4, 0.5) is 18.9 Å². The first-order valence-electron chi connectivity index (χ1n) is 6.36. The average molecular weight is 289 g/mol. The first-order chi connectivity index (χ1) is 9.24. The molecule has 0 radical (unpaired) electrons. The van der Waals surface area contributed by atoms with Gasteiger partial charge in [-0.25, -0.2) is 0 Å². The van der Waals surface area contributed by atoms with Crippen LogP contribution in [0.3, 0.4) is 0 Å². The number of hydrogen-bond donors (Lipinski definition) is 1. The quantitative estimate of drug-likeness (QED) is 0.833. The van der Waals surface area contributed by atoms with Crippen LogP contribution in [0.25, 0.3) is 0 Å². The summed E-state index contributed by atoms with van der Waals surface area (Å²) in [5, 5.41) is 2.76. The molecule has 1 rings (SSSR count). The number of esters is 1. The van der Waals surface area contributed by atoms with Gasteiger partial charge in [0.1, 0.15) is 6.61 Å². The zero-order valence-corrected chi connectivity index (χ0v) is 11.7. The third kappa shape index (κ3) is 4.75. The molecule has 112 valence electrons. The number of carbonyl (C=O) groups excluding carboxylic acids is 1. The largest absolute Gasteiger partial charge is 0.461 e. The maximum atomic E-state index is 13.0. The van der Waals surface area contributed by atoms with Crippen LogP contribution in [0.5, 0.6) is 0 Å². The number of carbonyl (C=O) groups is 1. The Kier molecular flexibility index (Phi) is 5.42. The molecule has 0 saturated carbocycles. The highest BCUT2D eigenvalue weighted by atomic mass is 19.4. The van der Waals surface area contributed by atoms with E-state index in [1.807, 2.05) is 0 Å². The predicted molar refractivity (Wildman–Crippen MR) is 70.3 cm³/mol. The maximum Gasteiger partial charge on any atom is 0.418 e. The number of alkyl halides is 3. The highest BCUT2D eigenvalue weighted by Gasteiger charge is 2.34. The van der Waals surface area contributed by atoms with E-state index < -0.39 is 17.7 Å². The lowest BCUT2D eigenvalue weighted by Crippen LogP contribution is -2.16. The minimum absolute atomic E-state index is 0.0260. The van der Waals surface area contributed by atoms with E-state index in [0.29, 0.717) is 5.56 Å². The minimum Gasteiger partial charge on any atom is -0.461 e. The van der Waals surface area contributed by atoms with Gasteiger partial charge in [0.05, 0.1) is 5.56 Å². The Morgan fingerprint density at radius 1 is 1.35 bits per heavy atom. The lowest BCUT2D eigenvalue weighted by atomic mass is 10.1. The monoisotopic (exact) mass is 289 g/mol. The standard InChI is InChI=1S/C14H18F3NO2/c1-4-13(19)20-8-10-5-6-12(18-9(2)3)11(7-10)14(15,16)17/h5-7,9,18H,4,8H2,1-3H3. The molecular weight excluding hydrogens is 271 g/mol. The zero-order chi connectivity index (χ0) is 15.3. The van der Waals surface area contributed by atoms with Crippen LogP contribution < -0.4 is 5.32 Å². The van der Waals surface area contributed by atoms with Crippen LogP contribution in [-0.2, 0) is 22.3 Å². The Hall–Kier alpha value is -1.72. The summed E-state index contributed by atoms with van der Waals surface area (Å²) in [6, 6.07) is 3.77. The van der Waals surface area contributed by atoms with Gasteiger partial charge >= 0.3 is 12.1 Å². The molecule has 0 aliphatic rings. The van der Waals surface area contributed by atoms with E-state index in [9.17, 15) is 18.0 Å². The Morgan fingerprint density at radius 3 is 2.50 bits per heavy atom. The summed E-state index contributed by atoms with van der Waals surface area (Å²) < 4.78 is 43.8. The molecule has 0 fully saturated rings. The van der Waals surface area contributed by atoms with Crippen molar-refractivity contribution in [2.24, 2.45) is 0 Å². The topological polar surface area (TPSA) is 38.3 Å². The number of nitrogens with one attached hydrogen (secondary N) is 1. The van der Waals surface area contributed by atoms with Crippen molar-refractivity contribution in [2.45, 2.75) is 46.0 Å². The molecule has 0 bridgehead atoms. The molecule has 0 heterocycles. The second-order valence-corrected chi connectivity index (χ2v) is 4.69. The molecule has 1 aromatic rings. The molecule has 0 atom stereocenters. The molecule has 0 unspecified atom stereocenters. The summed E-state index contributed by atoms with van der Waals surface area (Å²) in [5.41, 5.74) is -0.414. The van der Waals surface area contributed by atoms with Gasteiger partial charge in [0.15, 0.2) is 0 Å². The summed E-state index contributed by atoms with van der Waals surface area (Å²) in [4.78, 5) is 11.0. The van der Waals surface area contributed by atoms with Crippen molar-refractivity contribution in [2.75, 3.05) is 5.32 Å². The van der Waals surface area contributed by atoms with Crippen molar-refractivity contribution in [3.63, 3.8) is 0 Å². The molecule has 0 spiro atoms. The summed E-state index contributed by atoms with van der Waals surface area (Å²) in [5.74, 6) is -0.442. The second-order valence-electron chi connectivity index (χ2n) is 4.69. The van der Waals surface area contributed by atoms with E-state index in [1.165, 1.54) is 12.1 Å². The number of anilines is 1. The summed E-state index contributed by atoms with van der Waals surface area (Å²) in [6.45, 7) is 4.99. The second kappa shape index (κ2) is 6.63. The predicted octanol–water partition coefficient (Wildman–Crippen LogP) is 3.98. The Labute approximate surface area is 116 Å². The summed E-state index contributed by atoms with van der Waals surface area (Å²) in [7, 11) is 0. The average Bonchev–Trinajstić information content (AvgIpc) is 2.35. The Balaban J connectivity index is 2.99. The lowest BCUT2D eigenvalue weighted by molar-refractivity contribution is -0.144. The van der Waals surface area contributed by atoms with Gasteiger partial charge in [-0.05, 0) is 31.5 Å². The van der Waals surface area contributed by atoms with E-state index in [2.05, 4.69) is 5.32 Å². The van der Waals surface area contributed by atoms with Crippen LogP contribution in [0.15, 0.2) is 18.2 Å². The molecule has 0 aliphatic heterocycles. The minimum atomic E-state index is -4.46. The van der Waals surface area contributed by atoms with Crippen molar-refractivity contribution < 1.29 is 22.7 Å². The van der Waals surface area contributed by atoms with E-state index in [0.717, 1.165) is 6.07 Å². The van der Waals surface area contributed by atoms with Crippen molar-refractivity contribution in [1.82, 2.24) is 0 Å². The van der Waals surface area contributed by atoms with E-state index in [4.69, 9.17) is 4.74 Å². The van der Waals surface area contributed by atoms with Gasteiger partial charge in [-0.15, -0.1) is 0 Å². The zero-order valence-electron chi connectivity index (χ0n) is 11.7. The number of ether oxygens (including phenoxy) is 1. The molecular formula is C14H18F3NO2. The van der Waals surface area contributed by atoms with Gasteiger partial charge < -0.3 is 10.1 Å². The van der Waals surface area contributed by atoms with Crippen LogP contribution in [0.1, 0.15) is 38.3 Å². The Bertz CT molecular complexity index is 470. The maximum absolute atomic E-state index is 13.0. The van der Waals surface area contributed by atoms with Gasteiger partial charge in [-0.1, -0.05) is 13.0 Å². The SMILES string of the molecule is CCC(=O)OCc1ccc(NC(C)C)c(C(F)(F)F)c1. The number of benzene rings is 1. The highest BCUT2D eigenvalue weighted by molar-refractivity contribution is 5.68. The highest BCUT2D eigenvalue weighted by Crippen LogP contribution is 2.35. The molecule has 1 N–H and O–H groups in total. The summed E-state index contributed by atoms with van der Waals surface area (Å²) >= 11 is 0. The van der Waals surface area contributed by atoms with Crippen LogP contribution in [-0.4, -0.2) is 12.0 Å². The first kappa shape index (κ1) is 16.3. The van der Waals surface area contributed by atoms with E-state index in [1.54, 1.807) is 20.8 Å². The van der Waals surface area contributed by atoms with Crippen LogP contribution in [0, 0.1) is 0 Å². The van der Waals surface area contributed by atoms with Crippen LogP contribution >= 0.6 is 0 Å². The van der Waals surface area contributed by atoms with Gasteiger partial charge in [-0.2, -0.15) is 13.2 Å². The molecule has 0 aromatic heterocycles. The fourth-order valence-electron chi connectivity index (χ4n) is 1.62. The van der Waals surface area contributed by atoms with Gasteiger partial charge in [0, 0.05) is 18.2 Å². The molecule has 6 heteroatoms. The molecule has 0 saturated heterocycles. The third-order valence-electron chi connectivity index (χ3n) is 2.52. The van der Waals surface area contributed by atoms with Crippen molar-refractivity contribution in [3.05, 3.63) is 29.3 Å². The fourth-order valence-corrected chi connectivity index (χ4v) is 1.62. The molecule has 3 nitrogen and oxygen atoms in total.